The molecular weight excluding hydrogens is 267 g/mol. The van der Waals surface area contributed by atoms with Crippen molar-refractivity contribution in [1.29, 1.82) is 0 Å². The molecule has 0 heterocycles. The fourth-order valence-corrected chi connectivity index (χ4v) is 1.67. The van der Waals surface area contributed by atoms with Crippen molar-refractivity contribution in [3.05, 3.63) is 57.6 Å². The van der Waals surface area contributed by atoms with Crippen molar-refractivity contribution in [1.82, 2.24) is 0 Å². The van der Waals surface area contributed by atoms with Gasteiger partial charge in [0.05, 0.1) is 10.7 Å². The van der Waals surface area contributed by atoms with Crippen LogP contribution in [-0.4, -0.2) is 0 Å². The summed E-state index contributed by atoms with van der Waals surface area (Å²) < 4.78 is 0. The molecular formula is C14H16Cl2N2. The van der Waals surface area contributed by atoms with E-state index in [1.54, 1.807) is 6.07 Å². The van der Waals surface area contributed by atoms with Gasteiger partial charge in [-0.25, -0.2) is 0 Å². The van der Waals surface area contributed by atoms with E-state index in [9.17, 15) is 0 Å². The quantitative estimate of drug-likeness (QED) is 0.701. The zero-order valence-corrected chi connectivity index (χ0v) is 11.9. The lowest BCUT2D eigenvalue weighted by molar-refractivity contribution is 1.47. The second kappa shape index (κ2) is 6.53. The van der Waals surface area contributed by atoms with Crippen molar-refractivity contribution in [2.75, 3.05) is 11.5 Å². The highest BCUT2D eigenvalue weighted by molar-refractivity contribution is 6.33. The minimum Gasteiger partial charge on any atom is -0.398 e. The van der Waals surface area contributed by atoms with E-state index in [0.717, 1.165) is 21.8 Å². The summed E-state index contributed by atoms with van der Waals surface area (Å²) in [5.74, 6) is 0. The van der Waals surface area contributed by atoms with E-state index in [0.29, 0.717) is 10.7 Å². The van der Waals surface area contributed by atoms with Gasteiger partial charge in [0.2, 0.25) is 0 Å². The Morgan fingerprint density at radius 2 is 1.39 bits per heavy atom. The SMILES string of the molecule is Cc1c(N)cccc1Cl.Cc1cccc(Cl)c1N. The average Bonchev–Trinajstić information content (AvgIpc) is 2.34. The number of nitrogens with two attached hydrogens (primary N) is 2. The highest BCUT2D eigenvalue weighted by atomic mass is 35.5. The molecule has 4 N–H and O–H groups in total. The van der Waals surface area contributed by atoms with Gasteiger partial charge in [-0.05, 0) is 43.2 Å². The first-order valence-electron chi connectivity index (χ1n) is 5.44. The van der Waals surface area contributed by atoms with Crippen LogP contribution in [0.3, 0.4) is 0 Å². The molecule has 0 spiro atoms. The minimum absolute atomic E-state index is 0.634. The normalized spacial score (nSPS) is 9.56. The van der Waals surface area contributed by atoms with Crippen molar-refractivity contribution >= 4 is 34.6 Å². The molecule has 0 saturated heterocycles. The van der Waals surface area contributed by atoms with Crippen LogP contribution in [0, 0.1) is 13.8 Å². The zero-order valence-electron chi connectivity index (χ0n) is 10.4. The van der Waals surface area contributed by atoms with Gasteiger partial charge in [0.25, 0.3) is 0 Å². The van der Waals surface area contributed by atoms with Crippen LogP contribution in [-0.2, 0) is 0 Å². The smallest absolute Gasteiger partial charge is 0.0638 e. The summed E-state index contributed by atoms with van der Waals surface area (Å²) >= 11 is 11.4. The summed E-state index contributed by atoms with van der Waals surface area (Å²) in [6.07, 6.45) is 0. The average molecular weight is 283 g/mol. The molecule has 0 bridgehead atoms. The molecule has 0 aliphatic rings. The zero-order chi connectivity index (χ0) is 13.7. The van der Waals surface area contributed by atoms with Crippen LogP contribution in [0.1, 0.15) is 11.1 Å². The molecule has 18 heavy (non-hydrogen) atoms. The molecule has 0 amide bonds. The standard InChI is InChI=1S/2C7H8ClN/c1-5-6(8)3-2-4-7(5)9;1-5-3-2-4-6(8)7(5)9/h2*2-4H,9H2,1H3. The van der Waals surface area contributed by atoms with E-state index in [1.807, 2.05) is 44.2 Å². The van der Waals surface area contributed by atoms with Gasteiger partial charge in [0.1, 0.15) is 0 Å². The Labute approximate surface area is 118 Å². The van der Waals surface area contributed by atoms with Gasteiger partial charge in [-0.1, -0.05) is 41.4 Å². The third-order valence-electron chi connectivity index (χ3n) is 2.58. The van der Waals surface area contributed by atoms with Crippen LogP contribution in [0.15, 0.2) is 36.4 Å². The Kier molecular flexibility index (Phi) is 5.32. The molecule has 96 valence electrons. The minimum atomic E-state index is 0.634. The number of benzene rings is 2. The van der Waals surface area contributed by atoms with Crippen molar-refractivity contribution in [2.45, 2.75) is 13.8 Å². The number of para-hydroxylation sites is 1. The molecule has 2 rings (SSSR count). The van der Waals surface area contributed by atoms with Gasteiger partial charge in [0, 0.05) is 10.7 Å². The Morgan fingerprint density at radius 1 is 0.833 bits per heavy atom. The maximum atomic E-state index is 5.73. The Balaban J connectivity index is 0.000000180. The molecule has 0 fully saturated rings. The summed E-state index contributed by atoms with van der Waals surface area (Å²) in [6, 6.07) is 11.1. The van der Waals surface area contributed by atoms with E-state index in [2.05, 4.69) is 0 Å². The third-order valence-corrected chi connectivity index (χ3v) is 3.32. The van der Waals surface area contributed by atoms with E-state index < -0.39 is 0 Å². The largest absolute Gasteiger partial charge is 0.398 e. The molecule has 0 radical (unpaired) electrons. The molecule has 0 aliphatic heterocycles. The second-order valence-corrected chi connectivity index (χ2v) is 4.74. The molecule has 2 nitrogen and oxygen atoms in total. The van der Waals surface area contributed by atoms with Crippen LogP contribution in [0.5, 0.6) is 0 Å². The monoisotopic (exact) mass is 282 g/mol. The number of hydrogen-bond acceptors (Lipinski definition) is 2. The Morgan fingerprint density at radius 3 is 1.83 bits per heavy atom. The predicted molar refractivity (Wildman–Crippen MR) is 81.2 cm³/mol. The topological polar surface area (TPSA) is 52.0 Å². The lowest BCUT2D eigenvalue weighted by atomic mass is 10.2. The van der Waals surface area contributed by atoms with Crippen molar-refractivity contribution in [2.24, 2.45) is 0 Å². The van der Waals surface area contributed by atoms with Gasteiger partial charge in [0.15, 0.2) is 0 Å². The first-order valence-corrected chi connectivity index (χ1v) is 6.20. The molecule has 0 atom stereocenters. The van der Waals surface area contributed by atoms with E-state index in [-0.39, 0.29) is 0 Å². The number of nitrogen functional groups attached to an aromatic ring is 2. The summed E-state index contributed by atoms with van der Waals surface area (Å²) in [7, 11) is 0. The first-order chi connectivity index (χ1) is 8.43. The molecule has 0 aliphatic carbocycles. The summed E-state index contributed by atoms with van der Waals surface area (Å²) in [6.45, 7) is 3.83. The number of halogens is 2. The predicted octanol–water partition coefficient (Wildman–Crippen LogP) is 4.46. The lowest BCUT2D eigenvalue weighted by Crippen LogP contribution is -1.88. The van der Waals surface area contributed by atoms with Crippen molar-refractivity contribution in [3.8, 4) is 0 Å². The van der Waals surface area contributed by atoms with Crippen molar-refractivity contribution in [3.63, 3.8) is 0 Å². The summed E-state index contributed by atoms with van der Waals surface area (Å²) in [4.78, 5) is 0. The number of anilines is 2. The Hall–Kier alpha value is -1.38. The molecule has 2 aromatic carbocycles. The van der Waals surface area contributed by atoms with Gasteiger partial charge in [-0.3, -0.25) is 0 Å². The second-order valence-electron chi connectivity index (χ2n) is 3.92. The van der Waals surface area contributed by atoms with E-state index >= 15 is 0 Å². The van der Waals surface area contributed by atoms with Gasteiger partial charge in [-0.2, -0.15) is 0 Å². The van der Waals surface area contributed by atoms with Gasteiger partial charge in [-0.15, -0.1) is 0 Å². The fourth-order valence-electron chi connectivity index (χ4n) is 1.27. The fraction of sp³-hybridized carbons (Fsp3) is 0.143. The van der Waals surface area contributed by atoms with Crippen LogP contribution in [0.2, 0.25) is 10.0 Å². The summed E-state index contributed by atoms with van der Waals surface area (Å²) in [5.41, 5.74) is 14.5. The maximum Gasteiger partial charge on any atom is 0.0638 e. The highest BCUT2D eigenvalue weighted by Gasteiger charge is 1.95. The van der Waals surface area contributed by atoms with Crippen LogP contribution >= 0.6 is 23.2 Å². The Bertz CT molecular complexity index is 449. The van der Waals surface area contributed by atoms with Crippen LogP contribution in [0.4, 0.5) is 11.4 Å². The van der Waals surface area contributed by atoms with Crippen LogP contribution < -0.4 is 11.5 Å². The molecule has 0 unspecified atom stereocenters. The van der Waals surface area contributed by atoms with Crippen molar-refractivity contribution < 1.29 is 0 Å². The number of rotatable bonds is 0. The van der Waals surface area contributed by atoms with Gasteiger partial charge < -0.3 is 11.5 Å². The molecule has 0 aromatic heterocycles. The van der Waals surface area contributed by atoms with Gasteiger partial charge >= 0.3 is 0 Å². The highest BCUT2D eigenvalue weighted by Crippen LogP contribution is 2.21. The van der Waals surface area contributed by atoms with Crippen LogP contribution in [0.25, 0.3) is 0 Å². The number of aryl methyl sites for hydroxylation is 1. The van der Waals surface area contributed by atoms with E-state index in [4.69, 9.17) is 34.7 Å². The summed E-state index contributed by atoms with van der Waals surface area (Å²) in [5, 5.41) is 1.37. The first kappa shape index (κ1) is 14.7. The number of hydrogen-bond donors (Lipinski definition) is 2. The molecule has 4 heteroatoms. The molecule has 0 saturated carbocycles. The van der Waals surface area contributed by atoms with E-state index in [1.165, 1.54) is 0 Å². The third kappa shape index (κ3) is 3.83. The molecule has 2 aromatic rings. The maximum absolute atomic E-state index is 5.73. The lowest BCUT2D eigenvalue weighted by Gasteiger charge is -1.98.